The number of hydrogen-bond donors (Lipinski definition) is 1. The predicted molar refractivity (Wildman–Crippen MR) is 104 cm³/mol. The van der Waals surface area contributed by atoms with Gasteiger partial charge in [-0.3, -0.25) is 4.79 Å². The number of rotatable bonds is 10. The average Bonchev–Trinajstić information content (AvgIpc) is 2.63. The maximum atomic E-state index is 11.7. The van der Waals surface area contributed by atoms with E-state index >= 15 is 0 Å². The largest absolute Gasteiger partial charge is 0.469 e. The molecule has 2 aromatic rings. The molecule has 6 nitrogen and oxygen atoms in total. The lowest BCUT2D eigenvalue weighted by atomic mass is 9.96. The third kappa shape index (κ3) is 8.23. The van der Waals surface area contributed by atoms with E-state index in [0.29, 0.717) is 19.4 Å². The number of methoxy groups -OCH3 is 1. The highest BCUT2D eigenvalue weighted by Crippen LogP contribution is 2.18. The highest BCUT2D eigenvalue weighted by atomic mass is 32.2. The van der Waals surface area contributed by atoms with Gasteiger partial charge >= 0.3 is 16.1 Å². The number of ether oxygens (including phenoxy) is 1. The molecule has 146 valence electrons. The van der Waals surface area contributed by atoms with E-state index in [1.54, 1.807) is 12.1 Å². The lowest BCUT2D eigenvalue weighted by molar-refractivity contribution is -0.141. The van der Waals surface area contributed by atoms with Crippen LogP contribution < -0.4 is 9.50 Å². The van der Waals surface area contributed by atoms with Crippen LogP contribution in [0.2, 0.25) is 0 Å². The van der Waals surface area contributed by atoms with Crippen molar-refractivity contribution in [2.24, 2.45) is 5.92 Å². The summed E-state index contributed by atoms with van der Waals surface area (Å²) in [4.78, 5) is 11.7. The van der Waals surface area contributed by atoms with Crippen molar-refractivity contribution < 1.29 is 22.1 Å². The van der Waals surface area contributed by atoms with Crippen molar-refractivity contribution in [2.45, 2.75) is 19.4 Å². The molecule has 0 aliphatic rings. The summed E-state index contributed by atoms with van der Waals surface area (Å²) in [7, 11) is -2.16. The van der Waals surface area contributed by atoms with Crippen molar-refractivity contribution in [3.8, 4) is 5.75 Å². The average molecular weight is 391 g/mol. The zero-order valence-electron chi connectivity index (χ0n) is 15.6. The van der Waals surface area contributed by atoms with E-state index in [1.165, 1.54) is 12.7 Å². The Morgan fingerprint density at radius 3 is 2.30 bits per heavy atom. The summed E-state index contributed by atoms with van der Waals surface area (Å²) in [5, 5.41) is 3.38. The third-order valence-corrected chi connectivity index (χ3v) is 4.48. The number of carbonyl (C=O) groups is 1. The Balaban J connectivity index is 1.95. The second-order valence-electron chi connectivity index (χ2n) is 6.40. The van der Waals surface area contributed by atoms with E-state index in [4.69, 9.17) is 8.92 Å². The van der Waals surface area contributed by atoms with Gasteiger partial charge in [0.1, 0.15) is 5.75 Å². The number of nitrogens with one attached hydrogen (secondary N) is 1. The van der Waals surface area contributed by atoms with Gasteiger partial charge in [-0.05, 0) is 42.1 Å². The molecule has 2 aromatic carbocycles. The minimum Gasteiger partial charge on any atom is -0.469 e. The Kier molecular flexibility index (Phi) is 7.82. The van der Waals surface area contributed by atoms with Gasteiger partial charge in [-0.15, -0.1) is 0 Å². The highest BCUT2D eigenvalue weighted by Gasteiger charge is 2.15. The summed E-state index contributed by atoms with van der Waals surface area (Å²) < 4.78 is 32.0. The summed E-state index contributed by atoms with van der Waals surface area (Å²) >= 11 is 0. The van der Waals surface area contributed by atoms with Gasteiger partial charge in [0.15, 0.2) is 0 Å². The molecule has 0 bridgehead atoms. The van der Waals surface area contributed by atoms with Crippen LogP contribution in [0.25, 0.3) is 0 Å². The van der Waals surface area contributed by atoms with Crippen molar-refractivity contribution in [1.29, 1.82) is 0 Å². The van der Waals surface area contributed by atoms with Crippen LogP contribution in [0.15, 0.2) is 54.6 Å². The first-order valence-electron chi connectivity index (χ1n) is 8.65. The van der Waals surface area contributed by atoms with E-state index in [2.05, 4.69) is 5.32 Å². The SMILES string of the molecule is COC(=O)CC(CNCc1ccccc1)Cc1ccc(OS(C)(=O)=O)cc1. The molecule has 2 rings (SSSR count). The topological polar surface area (TPSA) is 81.7 Å². The van der Waals surface area contributed by atoms with E-state index < -0.39 is 10.1 Å². The quantitative estimate of drug-likeness (QED) is 0.495. The third-order valence-electron chi connectivity index (χ3n) is 3.98. The maximum Gasteiger partial charge on any atom is 0.306 e. The first kappa shape index (κ1) is 20.9. The number of hydrogen-bond acceptors (Lipinski definition) is 6. The Morgan fingerprint density at radius 1 is 1.04 bits per heavy atom. The molecule has 1 atom stereocenters. The Labute approximate surface area is 160 Å². The van der Waals surface area contributed by atoms with Gasteiger partial charge in [0, 0.05) is 13.0 Å². The van der Waals surface area contributed by atoms with Crippen LogP contribution in [0.3, 0.4) is 0 Å². The van der Waals surface area contributed by atoms with Crippen LogP contribution in [-0.4, -0.2) is 34.3 Å². The van der Waals surface area contributed by atoms with Crippen molar-refractivity contribution in [3.63, 3.8) is 0 Å². The van der Waals surface area contributed by atoms with Crippen molar-refractivity contribution >= 4 is 16.1 Å². The fraction of sp³-hybridized carbons (Fsp3) is 0.350. The van der Waals surface area contributed by atoms with Crippen LogP contribution in [0.4, 0.5) is 0 Å². The molecule has 0 saturated heterocycles. The van der Waals surface area contributed by atoms with Crippen LogP contribution in [0.1, 0.15) is 17.5 Å². The van der Waals surface area contributed by atoms with Gasteiger partial charge in [-0.2, -0.15) is 8.42 Å². The van der Waals surface area contributed by atoms with E-state index in [1.807, 2.05) is 42.5 Å². The molecule has 7 heteroatoms. The fourth-order valence-electron chi connectivity index (χ4n) is 2.74. The normalized spacial score (nSPS) is 12.4. The maximum absolute atomic E-state index is 11.7. The first-order chi connectivity index (χ1) is 12.9. The minimum atomic E-state index is -3.54. The first-order valence-corrected chi connectivity index (χ1v) is 10.5. The predicted octanol–water partition coefficient (Wildman–Crippen LogP) is 2.54. The molecule has 0 aliphatic carbocycles. The molecule has 1 unspecified atom stereocenters. The summed E-state index contributed by atoms with van der Waals surface area (Å²) in [5.74, 6) is 0.0781. The van der Waals surface area contributed by atoms with Gasteiger partial charge in [0.2, 0.25) is 0 Å². The van der Waals surface area contributed by atoms with Crippen LogP contribution in [0, 0.1) is 5.92 Å². The Morgan fingerprint density at radius 2 is 1.70 bits per heavy atom. The zero-order chi connectivity index (χ0) is 19.7. The molecular weight excluding hydrogens is 366 g/mol. The van der Waals surface area contributed by atoms with Gasteiger partial charge in [0.25, 0.3) is 0 Å². The fourth-order valence-corrected chi connectivity index (χ4v) is 3.20. The summed E-state index contributed by atoms with van der Waals surface area (Å²) in [6.45, 7) is 1.38. The Hall–Kier alpha value is -2.38. The summed E-state index contributed by atoms with van der Waals surface area (Å²) in [5.41, 5.74) is 2.17. The molecular formula is C20H25NO5S. The van der Waals surface area contributed by atoms with Crippen molar-refractivity contribution in [2.75, 3.05) is 19.9 Å². The lowest BCUT2D eigenvalue weighted by Gasteiger charge is -2.17. The van der Waals surface area contributed by atoms with E-state index in [-0.39, 0.29) is 17.6 Å². The molecule has 27 heavy (non-hydrogen) atoms. The smallest absolute Gasteiger partial charge is 0.306 e. The van der Waals surface area contributed by atoms with Gasteiger partial charge < -0.3 is 14.2 Å². The molecule has 0 heterocycles. The molecule has 0 amide bonds. The van der Waals surface area contributed by atoms with Crippen molar-refractivity contribution in [1.82, 2.24) is 5.32 Å². The molecule has 0 aromatic heterocycles. The minimum absolute atomic E-state index is 0.0582. The Bertz CT molecular complexity index is 819. The van der Waals surface area contributed by atoms with E-state index in [0.717, 1.165) is 18.4 Å². The van der Waals surface area contributed by atoms with Crippen molar-refractivity contribution in [3.05, 3.63) is 65.7 Å². The van der Waals surface area contributed by atoms with Gasteiger partial charge in [0.05, 0.1) is 13.4 Å². The van der Waals surface area contributed by atoms with Gasteiger partial charge in [-0.25, -0.2) is 0 Å². The summed E-state index contributed by atoms with van der Waals surface area (Å²) in [6, 6.07) is 16.9. The molecule has 0 radical (unpaired) electrons. The molecule has 1 N–H and O–H groups in total. The number of esters is 1. The van der Waals surface area contributed by atoms with Crippen LogP contribution in [0.5, 0.6) is 5.75 Å². The molecule has 0 saturated carbocycles. The van der Waals surface area contributed by atoms with Crippen LogP contribution >= 0.6 is 0 Å². The molecule has 0 aliphatic heterocycles. The van der Waals surface area contributed by atoms with Crippen LogP contribution in [-0.2, 0) is 32.6 Å². The second kappa shape index (κ2) is 10.1. The highest BCUT2D eigenvalue weighted by molar-refractivity contribution is 7.86. The number of benzene rings is 2. The summed E-state index contributed by atoms with van der Waals surface area (Å²) in [6.07, 6.45) is 1.97. The monoisotopic (exact) mass is 391 g/mol. The standard InChI is InChI=1S/C20H25NO5S/c1-25-20(22)13-18(15-21-14-17-6-4-3-5-7-17)12-16-8-10-19(11-9-16)26-27(2,23)24/h3-11,18,21H,12-15H2,1-2H3. The second-order valence-corrected chi connectivity index (χ2v) is 7.97. The number of carbonyl (C=O) groups excluding carboxylic acids is 1. The van der Waals surface area contributed by atoms with Gasteiger partial charge in [-0.1, -0.05) is 42.5 Å². The lowest BCUT2D eigenvalue weighted by Crippen LogP contribution is -2.26. The van der Waals surface area contributed by atoms with E-state index in [9.17, 15) is 13.2 Å². The molecule has 0 fully saturated rings. The molecule has 0 spiro atoms. The zero-order valence-corrected chi connectivity index (χ0v) is 16.4.